The van der Waals surface area contributed by atoms with Crippen molar-refractivity contribution in [2.24, 2.45) is 5.73 Å². The average molecular weight is 394 g/mol. The summed E-state index contributed by atoms with van der Waals surface area (Å²) in [6.07, 6.45) is -4.63. The number of thiophene rings is 1. The molecule has 2 heterocycles. The van der Waals surface area contributed by atoms with Crippen LogP contribution in [0.4, 0.5) is 24.5 Å². The van der Waals surface area contributed by atoms with Gasteiger partial charge in [0.1, 0.15) is 9.71 Å². The average Bonchev–Trinajstić information content (AvgIpc) is 2.90. The highest BCUT2D eigenvalue weighted by Crippen LogP contribution is 2.42. The number of anilines is 2. The maximum atomic E-state index is 13.3. The summed E-state index contributed by atoms with van der Waals surface area (Å²) < 4.78 is 40.0. The van der Waals surface area contributed by atoms with Gasteiger partial charge in [0.25, 0.3) is 5.91 Å². The number of rotatable bonds is 3. The highest BCUT2D eigenvalue weighted by Gasteiger charge is 2.35. The van der Waals surface area contributed by atoms with E-state index in [0.29, 0.717) is 5.69 Å². The van der Waals surface area contributed by atoms with Crippen LogP contribution in [-0.2, 0) is 6.18 Å². The van der Waals surface area contributed by atoms with Gasteiger partial charge < -0.3 is 16.8 Å². The molecule has 0 bridgehead atoms. The van der Waals surface area contributed by atoms with Crippen LogP contribution in [0.15, 0.2) is 30.3 Å². The number of aryl methyl sites for hydroxylation is 1. The van der Waals surface area contributed by atoms with Crippen LogP contribution in [-0.4, -0.2) is 16.8 Å². The summed E-state index contributed by atoms with van der Waals surface area (Å²) in [5.74, 6) is -1.30. The van der Waals surface area contributed by atoms with Crippen LogP contribution >= 0.6 is 11.3 Å². The summed E-state index contributed by atoms with van der Waals surface area (Å²) >= 11 is 0.781. The van der Waals surface area contributed by atoms with Gasteiger partial charge in [-0.1, -0.05) is 0 Å². The fourth-order valence-electron chi connectivity index (χ4n) is 2.54. The molecule has 0 saturated carbocycles. The second-order valence-electron chi connectivity index (χ2n) is 5.73. The molecule has 1 aromatic carbocycles. The van der Waals surface area contributed by atoms with Crippen LogP contribution in [0, 0.1) is 6.92 Å². The lowest BCUT2D eigenvalue weighted by Crippen LogP contribution is -2.13. The monoisotopic (exact) mass is 394 g/mol. The fourth-order valence-corrected chi connectivity index (χ4v) is 3.60. The SMILES string of the molecule is Cc1cc(C(F)(F)F)c2c(N)c(C(=O)Nc3ccc(C(N)=O)cc3)sc2n1. The molecule has 0 fully saturated rings. The number of nitrogens with two attached hydrogens (primary N) is 2. The molecule has 2 aromatic heterocycles. The quantitative estimate of drug-likeness (QED) is 0.631. The van der Waals surface area contributed by atoms with E-state index >= 15 is 0 Å². The highest BCUT2D eigenvalue weighted by molar-refractivity contribution is 7.21. The van der Waals surface area contributed by atoms with E-state index in [0.717, 1.165) is 17.4 Å². The van der Waals surface area contributed by atoms with E-state index in [4.69, 9.17) is 11.5 Å². The minimum atomic E-state index is -4.63. The lowest BCUT2D eigenvalue weighted by molar-refractivity contribution is -0.136. The molecule has 0 unspecified atom stereocenters. The molecule has 0 aliphatic rings. The zero-order valence-electron chi connectivity index (χ0n) is 13.8. The van der Waals surface area contributed by atoms with Gasteiger partial charge in [-0.25, -0.2) is 4.98 Å². The molecule has 3 rings (SSSR count). The van der Waals surface area contributed by atoms with Gasteiger partial charge in [0.05, 0.1) is 11.3 Å². The molecule has 0 radical (unpaired) electrons. The molecule has 0 atom stereocenters. The van der Waals surface area contributed by atoms with Crippen molar-refractivity contribution in [2.75, 3.05) is 11.1 Å². The lowest BCUT2D eigenvalue weighted by Gasteiger charge is -2.09. The van der Waals surface area contributed by atoms with Crippen molar-refractivity contribution in [1.82, 2.24) is 4.98 Å². The topological polar surface area (TPSA) is 111 Å². The minimum Gasteiger partial charge on any atom is -0.397 e. The van der Waals surface area contributed by atoms with E-state index in [9.17, 15) is 22.8 Å². The molecule has 3 aromatic rings. The maximum Gasteiger partial charge on any atom is 0.417 e. The van der Waals surface area contributed by atoms with Crippen molar-refractivity contribution in [3.63, 3.8) is 0 Å². The van der Waals surface area contributed by atoms with E-state index in [1.807, 2.05) is 0 Å². The third-order valence-corrected chi connectivity index (χ3v) is 4.86. The number of primary amides is 1. The second kappa shape index (κ2) is 6.54. The van der Waals surface area contributed by atoms with Crippen LogP contribution in [0.5, 0.6) is 0 Å². The summed E-state index contributed by atoms with van der Waals surface area (Å²) in [6, 6.07) is 6.63. The first-order valence-electron chi connectivity index (χ1n) is 7.56. The predicted octanol–water partition coefficient (Wildman–Crippen LogP) is 3.56. The Balaban J connectivity index is 2.00. The number of hydrogen-bond donors (Lipinski definition) is 3. The number of amides is 2. The van der Waals surface area contributed by atoms with Crippen molar-refractivity contribution >= 4 is 44.7 Å². The zero-order chi connectivity index (χ0) is 19.9. The Morgan fingerprint density at radius 3 is 2.37 bits per heavy atom. The number of carbonyl (C=O) groups excluding carboxylic acids is 2. The number of nitrogens with one attached hydrogen (secondary N) is 1. The summed E-state index contributed by atoms with van der Waals surface area (Å²) in [4.78, 5) is 27.6. The van der Waals surface area contributed by atoms with Crippen LogP contribution < -0.4 is 16.8 Å². The van der Waals surface area contributed by atoms with Gasteiger partial charge in [0, 0.05) is 22.3 Å². The largest absolute Gasteiger partial charge is 0.417 e. The number of nitrogen functional groups attached to an aromatic ring is 1. The van der Waals surface area contributed by atoms with Crippen molar-refractivity contribution in [1.29, 1.82) is 0 Å². The van der Waals surface area contributed by atoms with Gasteiger partial charge in [-0.05, 0) is 37.3 Å². The van der Waals surface area contributed by atoms with Gasteiger partial charge in [0.15, 0.2) is 0 Å². The first-order valence-corrected chi connectivity index (χ1v) is 8.37. The Bertz CT molecular complexity index is 1060. The number of aromatic nitrogens is 1. The number of pyridine rings is 1. The molecule has 0 aliphatic heterocycles. The first-order chi connectivity index (χ1) is 12.6. The van der Waals surface area contributed by atoms with E-state index in [2.05, 4.69) is 10.3 Å². The number of halogens is 3. The number of alkyl halides is 3. The summed E-state index contributed by atoms with van der Waals surface area (Å²) in [7, 11) is 0. The molecule has 2 amide bonds. The van der Waals surface area contributed by atoms with Crippen molar-refractivity contribution in [2.45, 2.75) is 13.1 Å². The molecule has 140 valence electrons. The normalized spacial score (nSPS) is 11.6. The van der Waals surface area contributed by atoms with E-state index in [1.54, 1.807) is 0 Å². The summed E-state index contributed by atoms with van der Waals surface area (Å²) in [5.41, 5.74) is 10.6. The Hall–Kier alpha value is -3.14. The minimum absolute atomic E-state index is 0.0362. The molecule has 27 heavy (non-hydrogen) atoms. The number of nitrogens with zero attached hydrogens (tertiary/aromatic N) is 1. The zero-order valence-corrected chi connectivity index (χ0v) is 14.7. The van der Waals surface area contributed by atoms with Gasteiger partial charge >= 0.3 is 6.18 Å². The molecule has 0 aliphatic carbocycles. The van der Waals surface area contributed by atoms with Crippen LogP contribution in [0.1, 0.15) is 31.3 Å². The summed E-state index contributed by atoms with van der Waals surface area (Å²) in [5, 5.41) is 2.24. The van der Waals surface area contributed by atoms with Gasteiger partial charge in [-0.15, -0.1) is 11.3 Å². The third kappa shape index (κ3) is 3.56. The smallest absolute Gasteiger partial charge is 0.397 e. The van der Waals surface area contributed by atoms with Gasteiger partial charge in [-0.2, -0.15) is 13.2 Å². The Labute approximate surface area is 155 Å². The number of benzene rings is 1. The Kier molecular flexibility index (Phi) is 4.52. The number of fused-ring (bicyclic) bond motifs is 1. The van der Waals surface area contributed by atoms with Gasteiger partial charge in [0.2, 0.25) is 5.91 Å². The van der Waals surface area contributed by atoms with E-state index < -0.39 is 23.6 Å². The molecule has 5 N–H and O–H groups in total. The van der Waals surface area contributed by atoms with Crippen molar-refractivity contribution in [3.8, 4) is 0 Å². The molecular formula is C17H13F3N4O2S. The third-order valence-electron chi connectivity index (χ3n) is 3.77. The van der Waals surface area contributed by atoms with Crippen LogP contribution in [0.3, 0.4) is 0 Å². The predicted molar refractivity (Wildman–Crippen MR) is 96.7 cm³/mol. The van der Waals surface area contributed by atoms with Crippen LogP contribution in [0.25, 0.3) is 10.2 Å². The molecular weight excluding hydrogens is 381 g/mol. The fraction of sp³-hybridized carbons (Fsp3) is 0.118. The second-order valence-corrected chi connectivity index (χ2v) is 6.73. The standard InChI is InChI=1S/C17H13F3N4O2S/c1-7-6-10(17(18,19)20)11-12(21)13(27-16(11)23-7)15(26)24-9-4-2-8(3-5-9)14(22)25/h2-6H,21H2,1H3,(H2,22,25)(H,24,26). The van der Waals surface area contributed by atoms with Crippen molar-refractivity contribution in [3.05, 3.63) is 52.0 Å². The maximum absolute atomic E-state index is 13.3. The highest BCUT2D eigenvalue weighted by atomic mass is 32.1. The van der Waals surface area contributed by atoms with Crippen molar-refractivity contribution < 1.29 is 22.8 Å². The lowest BCUT2D eigenvalue weighted by atomic mass is 10.1. The molecule has 0 spiro atoms. The number of hydrogen-bond acceptors (Lipinski definition) is 5. The summed E-state index contributed by atoms with van der Waals surface area (Å²) in [6.45, 7) is 1.44. The Morgan fingerprint density at radius 1 is 1.19 bits per heavy atom. The van der Waals surface area contributed by atoms with Crippen LogP contribution in [0.2, 0.25) is 0 Å². The first kappa shape index (κ1) is 18.6. The molecule has 10 heteroatoms. The molecule has 6 nitrogen and oxygen atoms in total. The van der Waals surface area contributed by atoms with E-state index in [1.165, 1.54) is 31.2 Å². The molecule has 0 saturated heterocycles. The van der Waals surface area contributed by atoms with E-state index in [-0.39, 0.29) is 32.0 Å². The van der Waals surface area contributed by atoms with Gasteiger partial charge in [-0.3, -0.25) is 9.59 Å². The Morgan fingerprint density at radius 2 is 1.81 bits per heavy atom. The number of carbonyl (C=O) groups is 2.